The summed E-state index contributed by atoms with van der Waals surface area (Å²) in [6.45, 7) is 16.9. The predicted octanol–water partition coefficient (Wildman–Crippen LogP) is 25.2. The number of halogens is 10. The molecule has 0 bridgehead atoms. The van der Waals surface area contributed by atoms with Gasteiger partial charge in [-0.1, -0.05) is 93.2 Å². The number of benzene rings is 8. The molecule has 12 rings (SSSR count). The van der Waals surface area contributed by atoms with Crippen molar-refractivity contribution in [2.75, 3.05) is 28.4 Å². The molecule has 2 N–H and O–H groups in total. The van der Waals surface area contributed by atoms with Gasteiger partial charge in [0.15, 0.2) is 0 Å². The van der Waals surface area contributed by atoms with Crippen LogP contribution in [0.2, 0.25) is 0 Å². The van der Waals surface area contributed by atoms with Gasteiger partial charge in [-0.2, -0.15) is 0 Å². The van der Waals surface area contributed by atoms with Gasteiger partial charge in [0.1, 0.15) is 69.5 Å². The van der Waals surface area contributed by atoms with Gasteiger partial charge in [0.05, 0.1) is 53.4 Å². The van der Waals surface area contributed by atoms with Gasteiger partial charge < -0.3 is 29.2 Å². The van der Waals surface area contributed by atoms with Crippen molar-refractivity contribution in [3.63, 3.8) is 0 Å². The van der Waals surface area contributed by atoms with Crippen LogP contribution in [0.25, 0.3) is 44.5 Å². The van der Waals surface area contributed by atoms with Crippen molar-refractivity contribution in [1.82, 2.24) is 0 Å². The lowest BCUT2D eigenvalue weighted by molar-refractivity contribution is 0.274. The van der Waals surface area contributed by atoms with E-state index in [1.165, 1.54) is 77.0 Å². The van der Waals surface area contributed by atoms with Gasteiger partial charge in [-0.25, -0.2) is 35.1 Å². The predicted molar refractivity (Wildman–Crippen MR) is 394 cm³/mol. The minimum Gasteiger partial charge on any atom is -0.497 e. The Labute approximate surface area is 606 Å². The van der Waals surface area contributed by atoms with E-state index >= 15 is 0 Å². The van der Waals surface area contributed by atoms with Crippen molar-refractivity contribution in [1.29, 1.82) is 0 Å². The molecule has 8 aromatic rings. The monoisotopic (exact) mass is 1440 g/mol. The highest BCUT2D eigenvalue weighted by molar-refractivity contribution is 6.17. The zero-order valence-corrected chi connectivity index (χ0v) is 61.0. The summed E-state index contributed by atoms with van der Waals surface area (Å²) in [7, 11) is 6.12. The molecule has 0 spiro atoms. The summed E-state index contributed by atoms with van der Waals surface area (Å²) >= 11 is 11.9. The number of alkyl halides is 2. The summed E-state index contributed by atoms with van der Waals surface area (Å²) in [4.78, 5) is 0. The third kappa shape index (κ3) is 16.8. The molecule has 544 valence electrons. The summed E-state index contributed by atoms with van der Waals surface area (Å²) in [5.74, 6) is -0.153. The number of aliphatic hydroxyl groups is 2. The Kier molecular flexibility index (Phi) is 23.6. The molecule has 6 nitrogen and oxygen atoms in total. The first-order valence-electron chi connectivity index (χ1n) is 37.5. The van der Waals surface area contributed by atoms with Crippen molar-refractivity contribution in [3.8, 4) is 67.5 Å². The van der Waals surface area contributed by atoms with Crippen molar-refractivity contribution in [2.24, 2.45) is 21.7 Å². The Balaban J connectivity index is 0.000000249. The first kappa shape index (κ1) is 72.7. The Morgan fingerprint density at radius 3 is 0.720 bits per heavy atom. The normalized spacial score (nSPS) is 19.4. The fourth-order valence-electron chi connectivity index (χ4n) is 16.0. The molecule has 4 aliphatic rings. The number of aliphatic hydroxyl groups excluding tert-OH is 2. The topological polar surface area (TPSA) is 77.4 Å². The van der Waals surface area contributed by atoms with Gasteiger partial charge in [-0.15, -0.1) is 23.2 Å². The van der Waals surface area contributed by atoms with E-state index in [0.29, 0.717) is 78.6 Å². The van der Waals surface area contributed by atoms with Crippen LogP contribution in [0.1, 0.15) is 211 Å². The average Bonchev–Trinajstić information content (AvgIpc) is 1.77. The highest BCUT2D eigenvalue weighted by atomic mass is 35.5. The van der Waals surface area contributed by atoms with E-state index in [2.05, 4.69) is 55.4 Å². The van der Waals surface area contributed by atoms with Crippen LogP contribution < -0.4 is 18.9 Å². The zero-order valence-electron chi connectivity index (χ0n) is 65.5. The summed E-state index contributed by atoms with van der Waals surface area (Å²) in [5, 5.41) is 19.0. The van der Waals surface area contributed by atoms with E-state index in [4.69, 9.17) is 51.1 Å². The minimum absolute atomic E-state index is 0. The molecule has 0 saturated heterocycles. The molecule has 4 aliphatic carbocycles. The Bertz CT molecular complexity index is 3710. The van der Waals surface area contributed by atoms with E-state index in [1.54, 1.807) is 60.7 Å². The van der Waals surface area contributed by atoms with E-state index in [-0.39, 0.29) is 94.5 Å². The molecule has 0 aliphatic heterocycles. The number of ether oxygens (including phenoxy) is 4. The minimum atomic E-state index is -0.515. The first-order valence-corrected chi connectivity index (χ1v) is 35.5. The lowest BCUT2D eigenvalue weighted by Gasteiger charge is -2.30. The number of methoxy groups -OCH3 is 4. The van der Waals surface area contributed by atoms with Crippen LogP contribution in [0.4, 0.5) is 35.1 Å². The molecule has 4 atom stereocenters. The van der Waals surface area contributed by atoms with Crippen LogP contribution in [-0.2, 0) is 25.0 Å². The molecule has 0 amide bonds. The Morgan fingerprint density at radius 1 is 0.330 bits per heavy atom. The summed E-state index contributed by atoms with van der Waals surface area (Å²) in [6, 6.07) is 30.8. The molecule has 16 heteroatoms. The maximum absolute atomic E-state index is 14.6. The van der Waals surface area contributed by atoms with Gasteiger partial charge in [-0.05, 0) is 250 Å². The zero-order chi connectivity index (χ0) is 78.8. The summed E-state index contributed by atoms with van der Waals surface area (Å²) < 4.78 is 167. The quantitative estimate of drug-likeness (QED) is 0.0741. The number of hydrogen-bond acceptors (Lipinski definition) is 6. The maximum Gasteiger partial charge on any atom is 0.131 e. The molecular weight excluding hydrogens is 1330 g/mol. The van der Waals surface area contributed by atoms with E-state index in [9.17, 15) is 45.3 Å². The van der Waals surface area contributed by atoms with E-state index < -0.39 is 34.9 Å². The molecule has 0 unspecified atom stereocenters. The SMILES string of the molecule is COc1ccc(F)c(-c2cc(F)c(CCl)cc2[C@@H]2CCCC2(C)C)c1.COc1ccc(F)c(-c2cc(F)c(CCl)cc2[C@H]2CCCC2(C)C)c1.COc1ccc(F)c(-c2cc(F)c(CO)cc2[C@@H]2CCCC2(C)C)c1.COc1ccc(F)c(-c2cc(F)c(CO)cc2[C@H]2CCCC2(C)C)c1.[3HH].[3H][3H].[3H][3H].[3H][3H]. The Morgan fingerprint density at radius 2 is 0.540 bits per heavy atom. The van der Waals surface area contributed by atoms with Crippen molar-refractivity contribution in [2.45, 2.75) is 181 Å². The van der Waals surface area contributed by atoms with E-state index in [0.717, 1.165) is 99.3 Å². The Hall–Kier alpha value is -7.10. The van der Waals surface area contributed by atoms with Gasteiger partial charge in [0, 0.05) is 54.8 Å². The third-order valence-corrected chi connectivity index (χ3v) is 22.5. The second-order valence-electron chi connectivity index (χ2n) is 29.8. The van der Waals surface area contributed by atoms with Gasteiger partial charge in [0.2, 0.25) is 0 Å². The standard InChI is InChI=1S/2C21H23ClF2O.2C21H24F2O2.4H2/c2*1-21(2)8-4-5-18(21)16-9-13(12-22)20(24)11-15(16)17-10-14(25-3)6-7-19(17)23;2*1-21(2)8-4-5-18(21)16-9-13(12-24)20(23)11-15(16)17-10-14(25-3)6-7-19(17)22;;;;/h2*6-7,9-11,18H,4-5,8,12H2,1-3H3;2*6-7,9-11,18,24H,4-5,8,12H2,1-3H3;4*1H/t4*18-;;;;/m1010..../s1/i;;;;3*1+2T;1+2. The number of hydrogen-bond donors (Lipinski definition) is 2. The van der Waals surface area contributed by atoms with Crippen LogP contribution in [0.5, 0.6) is 23.0 Å². The molecule has 4 saturated carbocycles. The fraction of sp³-hybridized carbons (Fsp3) is 0.429. The van der Waals surface area contributed by atoms with Crippen LogP contribution in [0, 0.1) is 68.2 Å². The smallest absolute Gasteiger partial charge is 0.131 e. The lowest BCUT2D eigenvalue weighted by atomic mass is 9.75. The maximum atomic E-state index is 14.6. The van der Waals surface area contributed by atoms with Gasteiger partial charge in [-0.3, -0.25) is 0 Å². The van der Waals surface area contributed by atoms with Gasteiger partial charge in [0.25, 0.3) is 0 Å². The summed E-state index contributed by atoms with van der Waals surface area (Å²) in [5.41, 5.74) is 9.18. The van der Waals surface area contributed by atoms with E-state index in [1.807, 2.05) is 12.1 Å². The summed E-state index contributed by atoms with van der Waals surface area (Å²) in [6.07, 6.45) is 12.7. The molecule has 0 aromatic heterocycles. The van der Waals surface area contributed by atoms with Crippen molar-refractivity contribution >= 4 is 23.2 Å². The van der Waals surface area contributed by atoms with Crippen molar-refractivity contribution in [3.05, 3.63) is 212 Å². The van der Waals surface area contributed by atoms with Crippen LogP contribution in [0.15, 0.2) is 121 Å². The second kappa shape index (κ2) is 32.5. The molecule has 0 heterocycles. The highest BCUT2D eigenvalue weighted by Crippen LogP contribution is 2.56. The molecule has 8 aromatic carbocycles. The molecular formula is C84H102Cl2F8O6. The first-order chi connectivity index (χ1) is 50.5. The van der Waals surface area contributed by atoms with Crippen LogP contribution >= 0.6 is 23.2 Å². The molecule has 100 heavy (non-hydrogen) atoms. The van der Waals surface area contributed by atoms with Crippen LogP contribution in [0.3, 0.4) is 0 Å². The second-order valence-corrected chi connectivity index (χ2v) is 30.4. The fourth-order valence-corrected chi connectivity index (χ4v) is 16.5. The van der Waals surface area contributed by atoms with Crippen molar-refractivity contribution < 1.29 is 74.6 Å². The third-order valence-electron chi connectivity index (χ3n) is 21.9. The lowest BCUT2D eigenvalue weighted by Crippen LogP contribution is -2.17. The van der Waals surface area contributed by atoms with Crippen LogP contribution in [-0.4, -0.2) is 38.7 Å². The highest BCUT2D eigenvalue weighted by Gasteiger charge is 2.41. The van der Waals surface area contributed by atoms with Gasteiger partial charge >= 0.3 is 0 Å². The molecule has 4 fully saturated rings. The average molecular weight is 1440 g/mol. The molecule has 0 radical (unpaired) electrons. The number of rotatable bonds is 16. The largest absolute Gasteiger partial charge is 0.497 e.